The van der Waals surface area contributed by atoms with Crippen molar-refractivity contribution in [3.63, 3.8) is 0 Å². The summed E-state index contributed by atoms with van der Waals surface area (Å²) in [5, 5.41) is 13.3. The number of amides is 2. The monoisotopic (exact) mass is 432 g/mol. The van der Waals surface area contributed by atoms with E-state index in [9.17, 15) is 14.0 Å². The van der Waals surface area contributed by atoms with E-state index in [1.165, 1.54) is 12.1 Å². The molecule has 11 heteroatoms. The molecule has 2 amide bonds. The Kier molecular flexibility index (Phi) is 5.58. The molecule has 1 aromatic heterocycles. The second kappa shape index (κ2) is 8.45. The van der Waals surface area contributed by atoms with Crippen LogP contribution in [0.1, 0.15) is 10.4 Å². The van der Waals surface area contributed by atoms with Crippen molar-refractivity contribution in [2.45, 2.75) is 4.34 Å². The van der Waals surface area contributed by atoms with Crippen LogP contribution in [0.25, 0.3) is 0 Å². The Hall–Kier alpha value is -3.18. The molecule has 2 aromatic carbocycles. The molecule has 0 fully saturated rings. The lowest BCUT2D eigenvalue weighted by atomic mass is 10.2. The van der Waals surface area contributed by atoms with Crippen LogP contribution in [0.4, 0.5) is 15.2 Å². The van der Waals surface area contributed by atoms with Crippen LogP contribution in [0.15, 0.2) is 46.8 Å². The number of carbonyl (C=O) groups is 2. The standard InChI is InChI=1S/C18H13FN4O4S2/c19-11-3-1-2-4-12(11)20-15(24)8-28-18-23-22-17(29-18)21-16(25)10-5-6-13-14(7-10)27-9-26-13/h1-7H,8-9H2,(H,20,24)(H,21,22,25). The van der Waals surface area contributed by atoms with Gasteiger partial charge in [-0.2, -0.15) is 0 Å². The molecule has 0 bridgehead atoms. The molecule has 0 atom stereocenters. The second-order valence-electron chi connectivity index (χ2n) is 5.71. The molecular weight excluding hydrogens is 419 g/mol. The van der Waals surface area contributed by atoms with Gasteiger partial charge in [0, 0.05) is 5.56 Å². The lowest BCUT2D eigenvalue weighted by Gasteiger charge is -2.04. The van der Waals surface area contributed by atoms with E-state index in [0.29, 0.717) is 26.5 Å². The number of anilines is 2. The Morgan fingerprint density at radius 2 is 1.93 bits per heavy atom. The van der Waals surface area contributed by atoms with Gasteiger partial charge in [0.1, 0.15) is 5.82 Å². The number of thioether (sulfide) groups is 1. The smallest absolute Gasteiger partial charge is 0.257 e. The first kappa shape index (κ1) is 19.2. The molecule has 0 aliphatic carbocycles. The number of benzene rings is 2. The van der Waals surface area contributed by atoms with E-state index in [1.54, 1.807) is 30.3 Å². The summed E-state index contributed by atoms with van der Waals surface area (Å²) in [7, 11) is 0. The molecule has 0 saturated heterocycles. The average molecular weight is 432 g/mol. The van der Waals surface area contributed by atoms with Gasteiger partial charge in [0.2, 0.25) is 17.8 Å². The Morgan fingerprint density at radius 3 is 2.79 bits per heavy atom. The predicted molar refractivity (Wildman–Crippen MR) is 106 cm³/mol. The molecule has 8 nitrogen and oxygen atoms in total. The summed E-state index contributed by atoms with van der Waals surface area (Å²) in [5.74, 6) is -0.124. The third kappa shape index (κ3) is 4.63. The summed E-state index contributed by atoms with van der Waals surface area (Å²) < 4.78 is 24.5. The Labute approximate surface area is 172 Å². The molecule has 4 rings (SSSR count). The lowest BCUT2D eigenvalue weighted by molar-refractivity contribution is -0.113. The number of halogens is 1. The van der Waals surface area contributed by atoms with Gasteiger partial charge >= 0.3 is 0 Å². The fourth-order valence-corrected chi connectivity index (χ4v) is 3.95. The van der Waals surface area contributed by atoms with E-state index < -0.39 is 5.82 Å². The van der Waals surface area contributed by atoms with Crippen molar-refractivity contribution in [2.75, 3.05) is 23.2 Å². The number of rotatable bonds is 6. The van der Waals surface area contributed by atoms with Crippen LogP contribution in [0.2, 0.25) is 0 Å². The Morgan fingerprint density at radius 1 is 1.10 bits per heavy atom. The molecule has 2 N–H and O–H groups in total. The number of ether oxygens (including phenoxy) is 2. The van der Waals surface area contributed by atoms with Crippen LogP contribution >= 0.6 is 23.1 Å². The lowest BCUT2D eigenvalue weighted by Crippen LogP contribution is -2.14. The molecule has 1 aliphatic heterocycles. The third-order valence-electron chi connectivity index (χ3n) is 3.74. The first-order valence-corrected chi connectivity index (χ1v) is 10.1. The number of nitrogens with zero attached hydrogens (tertiary/aromatic N) is 2. The molecule has 148 valence electrons. The normalized spacial score (nSPS) is 11.9. The highest BCUT2D eigenvalue weighted by molar-refractivity contribution is 8.01. The van der Waals surface area contributed by atoms with Crippen molar-refractivity contribution in [2.24, 2.45) is 0 Å². The van der Waals surface area contributed by atoms with Gasteiger partial charge in [0.15, 0.2) is 15.8 Å². The van der Waals surface area contributed by atoms with Gasteiger partial charge in [-0.1, -0.05) is 35.2 Å². The van der Waals surface area contributed by atoms with Gasteiger partial charge in [0.05, 0.1) is 11.4 Å². The minimum absolute atomic E-state index is 0.0269. The highest BCUT2D eigenvalue weighted by Gasteiger charge is 2.17. The Bertz CT molecular complexity index is 1080. The zero-order chi connectivity index (χ0) is 20.2. The fraction of sp³-hybridized carbons (Fsp3) is 0.111. The number of carbonyl (C=O) groups excluding carboxylic acids is 2. The van der Waals surface area contributed by atoms with Gasteiger partial charge in [-0.25, -0.2) is 4.39 Å². The maximum atomic E-state index is 13.6. The molecule has 3 aromatic rings. The van der Waals surface area contributed by atoms with Gasteiger partial charge in [0.25, 0.3) is 5.91 Å². The summed E-state index contributed by atoms with van der Waals surface area (Å²) in [6, 6.07) is 10.8. The van der Waals surface area contributed by atoms with Crippen LogP contribution in [-0.2, 0) is 4.79 Å². The summed E-state index contributed by atoms with van der Waals surface area (Å²) in [4.78, 5) is 24.3. The number of nitrogens with one attached hydrogen (secondary N) is 2. The van der Waals surface area contributed by atoms with E-state index >= 15 is 0 Å². The van der Waals surface area contributed by atoms with Crippen molar-refractivity contribution < 1.29 is 23.5 Å². The van der Waals surface area contributed by atoms with Crippen LogP contribution in [0.3, 0.4) is 0 Å². The van der Waals surface area contributed by atoms with Gasteiger partial charge in [-0.05, 0) is 30.3 Å². The maximum Gasteiger partial charge on any atom is 0.257 e. The highest BCUT2D eigenvalue weighted by Crippen LogP contribution is 2.33. The zero-order valence-corrected chi connectivity index (χ0v) is 16.3. The van der Waals surface area contributed by atoms with Crippen molar-refractivity contribution in [1.82, 2.24) is 10.2 Å². The highest BCUT2D eigenvalue weighted by atomic mass is 32.2. The van der Waals surface area contributed by atoms with Crippen molar-refractivity contribution in [3.05, 3.63) is 53.8 Å². The second-order valence-corrected chi connectivity index (χ2v) is 7.91. The summed E-state index contributed by atoms with van der Waals surface area (Å²) in [6.07, 6.45) is 0. The molecule has 2 heterocycles. The topological polar surface area (TPSA) is 102 Å². The van der Waals surface area contributed by atoms with Gasteiger partial charge in [-0.3, -0.25) is 14.9 Å². The van der Waals surface area contributed by atoms with Crippen molar-refractivity contribution in [1.29, 1.82) is 0 Å². The molecule has 1 aliphatic rings. The van der Waals surface area contributed by atoms with Crippen LogP contribution in [-0.4, -0.2) is 34.6 Å². The van der Waals surface area contributed by atoms with Gasteiger partial charge in [-0.15, -0.1) is 10.2 Å². The van der Waals surface area contributed by atoms with Crippen LogP contribution in [0.5, 0.6) is 11.5 Å². The van der Waals surface area contributed by atoms with Crippen molar-refractivity contribution >= 4 is 45.7 Å². The van der Waals surface area contributed by atoms with E-state index in [0.717, 1.165) is 23.1 Å². The number of aromatic nitrogens is 2. The first-order chi connectivity index (χ1) is 14.1. The molecule has 0 spiro atoms. The minimum atomic E-state index is -0.504. The quantitative estimate of drug-likeness (QED) is 0.455. The fourth-order valence-electron chi connectivity index (χ4n) is 2.40. The summed E-state index contributed by atoms with van der Waals surface area (Å²) in [5.41, 5.74) is 0.509. The summed E-state index contributed by atoms with van der Waals surface area (Å²) in [6.45, 7) is 0.127. The predicted octanol–water partition coefficient (Wildman–Crippen LogP) is 3.39. The molecule has 0 radical (unpaired) electrons. The number of hydrogen-bond acceptors (Lipinski definition) is 8. The SMILES string of the molecule is O=C(CSc1nnc(NC(=O)c2ccc3c(c2)OCO3)s1)Nc1ccccc1F. The minimum Gasteiger partial charge on any atom is -0.454 e. The van der Waals surface area contributed by atoms with Gasteiger partial charge < -0.3 is 14.8 Å². The van der Waals surface area contributed by atoms with Crippen LogP contribution in [0, 0.1) is 5.82 Å². The third-order valence-corrected chi connectivity index (χ3v) is 5.71. The molecule has 29 heavy (non-hydrogen) atoms. The van der Waals surface area contributed by atoms with Crippen LogP contribution < -0.4 is 20.1 Å². The largest absolute Gasteiger partial charge is 0.454 e. The number of para-hydroxylation sites is 1. The van der Waals surface area contributed by atoms with Crippen molar-refractivity contribution in [3.8, 4) is 11.5 Å². The van der Waals surface area contributed by atoms with E-state index in [4.69, 9.17) is 9.47 Å². The zero-order valence-electron chi connectivity index (χ0n) is 14.7. The average Bonchev–Trinajstić information content (AvgIpc) is 3.36. The van der Waals surface area contributed by atoms with E-state index in [2.05, 4.69) is 20.8 Å². The van der Waals surface area contributed by atoms with E-state index in [1.807, 2.05) is 0 Å². The maximum absolute atomic E-state index is 13.6. The summed E-state index contributed by atoms with van der Waals surface area (Å²) >= 11 is 2.27. The first-order valence-electron chi connectivity index (χ1n) is 8.30. The Balaban J connectivity index is 1.31. The number of fused-ring (bicyclic) bond motifs is 1. The van der Waals surface area contributed by atoms with E-state index in [-0.39, 0.29) is 30.0 Å². The molecule has 0 saturated carbocycles. The number of hydrogen-bond donors (Lipinski definition) is 2. The molecule has 0 unspecified atom stereocenters. The molecular formula is C18H13FN4O4S2.